The zero-order chi connectivity index (χ0) is 22.1. The van der Waals surface area contributed by atoms with E-state index in [4.69, 9.17) is 20.4 Å². The molecule has 7 heteroatoms. The van der Waals surface area contributed by atoms with E-state index in [0.29, 0.717) is 23.9 Å². The number of amides is 1. The number of nitrogens with zero attached hydrogens (tertiary/aromatic N) is 3. The van der Waals surface area contributed by atoms with Crippen molar-refractivity contribution in [2.75, 3.05) is 12.4 Å². The number of benzene rings is 2. The summed E-state index contributed by atoms with van der Waals surface area (Å²) in [5.41, 5.74) is 10.3. The van der Waals surface area contributed by atoms with Crippen LogP contribution in [0.1, 0.15) is 40.0 Å². The highest BCUT2D eigenvalue weighted by molar-refractivity contribution is 6.06. The standard InChI is InChI=1S/C25H25N5O2/c1-32-22-14-19-17(23(26)31)11-7-13-21(19)30(22)25-28-20-12-6-5-10-18(20)24(29-25)27-15-16-8-3-2-4-9-16/h2-4,7-9,11,13-14H,5-6,10,12,15H2,1H3,(H2,26,31)(H,27,28,29). The van der Waals surface area contributed by atoms with Crippen molar-refractivity contribution in [3.8, 4) is 11.8 Å². The summed E-state index contributed by atoms with van der Waals surface area (Å²) in [6.45, 7) is 0.680. The van der Waals surface area contributed by atoms with Crippen LogP contribution >= 0.6 is 0 Å². The third-order valence-corrected chi connectivity index (χ3v) is 5.96. The summed E-state index contributed by atoms with van der Waals surface area (Å²) in [7, 11) is 1.60. The number of aromatic nitrogens is 3. The first kappa shape index (κ1) is 20.1. The summed E-state index contributed by atoms with van der Waals surface area (Å²) in [6.07, 6.45) is 4.12. The van der Waals surface area contributed by atoms with Crippen LogP contribution in [-0.2, 0) is 19.4 Å². The first-order valence-electron chi connectivity index (χ1n) is 10.8. The summed E-state index contributed by atoms with van der Waals surface area (Å²) in [5.74, 6) is 1.45. The lowest BCUT2D eigenvalue weighted by molar-refractivity contribution is 0.100. The van der Waals surface area contributed by atoms with Gasteiger partial charge < -0.3 is 15.8 Å². The Hall–Kier alpha value is -3.87. The normalized spacial score (nSPS) is 13.0. The van der Waals surface area contributed by atoms with Crippen LogP contribution in [0.25, 0.3) is 16.9 Å². The van der Waals surface area contributed by atoms with E-state index in [1.807, 2.05) is 41.0 Å². The lowest BCUT2D eigenvalue weighted by Crippen LogP contribution is -2.16. The molecule has 1 amide bonds. The van der Waals surface area contributed by atoms with Crippen molar-refractivity contribution in [1.29, 1.82) is 0 Å². The second kappa shape index (κ2) is 8.34. The Morgan fingerprint density at radius 1 is 1.09 bits per heavy atom. The molecule has 1 aliphatic rings. The molecule has 1 aliphatic carbocycles. The third kappa shape index (κ3) is 3.56. The second-order valence-electron chi connectivity index (χ2n) is 7.97. The van der Waals surface area contributed by atoms with Gasteiger partial charge in [0.1, 0.15) is 5.82 Å². The molecule has 32 heavy (non-hydrogen) atoms. The molecule has 0 saturated carbocycles. The molecular weight excluding hydrogens is 402 g/mol. The number of anilines is 1. The number of nitrogens with one attached hydrogen (secondary N) is 1. The lowest BCUT2D eigenvalue weighted by atomic mass is 9.96. The van der Waals surface area contributed by atoms with Crippen LogP contribution in [0, 0.1) is 0 Å². The zero-order valence-corrected chi connectivity index (χ0v) is 18.0. The van der Waals surface area contributed by atoms with Gasteiger partial charge in [0.25, 0.3) is 0 Å². The highest BCUT2D eigenvalue weighted by Gasteiger charge is 2.22. The molecule has 162 valence electrons. The fourth-order valence-corrected chi connectivity index (χ4v) is 4.39. The van der Waals surface area contributed by atoms with Crippen LogP contribution in [0.4, 0.5) is 5.82 Å². The van der Waals surface area contributed by atoms with Gasteiger partial charge in [-0.1, -0.05) is 36.4 Å². The van der Waals surface area contributed by atoms with Gasteiger partial charge in [-0.25, -0.2) is 9.55 Å². The van der Waals surface area contributed by atoms with E-state index >= 15 is 0 Å². The maximum Gasteiger partial charge on any atom is 0.249 e. The van der Waals surface area contributed by atoms with Gasteiger partial charge in [-0.15, -0.1) is 0 Å². The highest BCUT2D eigenvalue weighted by atomic mass is 16.5. The number of carbonyl (C=O) groups is 1. The van der Waals surface area contributed by atoms with Crippen LogP contribution in [-0.4, -0.2) is 27.6 Å². The molecule has 0 fully saturated rings. The molecular formula is C25H25N5O2. The minimum Gasteiger partial charge on any atom is -0.482 e. The molecule has 3 N–H and O–H groups in total. The van der Waals surface area contributed by atoms with Crippen LogP contribution in [0.5, 0.6) is 5.88 Å². The van der Waals surface area contributed by atoms with Crippen molar-refractivity contribution >= 4 is 22.6 Å². The smallest absolute Gasteiger partial charge is 0.249 e. The van der Waals surface area contributed by atoms with Crippen molar-refractivity contribution < 1.29 is 9.53 Å². The van der Waals surface area contributed by atoms with Gasteiger partial charge in [0.2, 0.25) is 17.7 Å². The second-order valence-corrected chi connectivity index (χ2v) is 7.97. The molecule has 0 bridgehead atoms. The van der Waals surface area contributed by atoms with Crippen molar-refractivity contribution in [3.05, 3.63) is 77.0 Å². The number of hydrogen-bond donors (Lipinski definition) is 2. The Balaban J connectivity index is 1.64. The fraction of sp³-hybridized carbons (Fsp3) is 0.240. The molecule has 2 heterocycles. The summed E-state index contributed by atoms with van der Waals surface area (Å²) in [4.78, 5) is 21.8. The van der Waals surface area contributed by atoms with Gasteiger partial charge in [0, 0.05) is 29.1 Å². The molecule has 2 aromatic carbocycles. The van der Waals surface area contributed by atoms with Gasteiger partial charge in [-0.3, -0.25) is 4.79 Å². The first-order chi connectivity index (χ1) is 15.7. The molecule has 0 aliphatic heterocycles. The number of primary amides is 1. The summed E-state index contributed by atoms with van der Waals surface area (Å²) in [5, 5.41) is 4.25. The molecule has 5 rings (SSSR count). The number of hydrogen-bond acceptors (Lipinski definition) is 5. The number of methoxy groups -OCH3 is 1. The zero-order valence-electron chi connectivity index (χ0n) is 18.0. The Morgan fingerprint density at radius 3 is 2.69 bits per heavy atom. The summed E-state index contributed by atoms with van der Waals surface area (Å²) < 4.78 is 7.49. The number of nitrogens with two attached hydrogens (primary N) is 1. The number of aryl methyl sites for hydroxylation is 1. The van der Waals surface area contributed by atoms with Crippen LogP contribution < -0.4 is 15.8 Å². The number of rotatable bonds is 6. The molecule has 0 radical (unpaired) electrons. The van der Waals surface area contributed by atoms with Gasteiger partial charge in [-0.2, -0.15) is 4.98 Å². The maximum atomic E-state index is 12.0. The molecule has 0 atom stereocenters. The van der Waals surface area contributed by atoms with Crippen LogP contribution in [0.2, 0.25) is 0 Å². The van der Waals surface area contributed by atoms with E-state index < -0.39 is 5.91 Å². The lowest BCUT2D eigenvalue weighted by Gasteiger charge is -2.21. The number of carbonyl (C=O) groups excluding carboxylic acids is 1. The van der Waals surface area contributed by atoms with Crippen molar-refractivity contribution in [2.24, 2.45) is 5.73 Å². The van der Waals surface area contributed by atoms with E-state index in [2.05, 4.69) is 17.4 Å². The summed E-state index contributed by atoms with van der Waals surface area (Å²) >= 11 is 0. The minimum atomic E-state index is -0.480. The Kier molecular flexibility index (Phi) is 5.23. The summed E-state index contributed by atoms with van der Waals surface area (Å²) in [6, 6.07) is 17.5. The molecule has 2 aromatic heterocycles. The maximum absolute atomic E-state index is 12.0. The van der Waals surface area contributed by atoms with Crippen molar-refractivity contribution in [1.82, 2.24) is 14.5 Å². The largest absolute Gasteiger partial charge is 0.482 e. The van der Waals surface area contributed by atoms with Gasteiger partial charge in [0.05, 0.1) is 18.3 Å². The topological polar surface area (TPSA) is 95.1 Å². The Bertz CT molecular complexity index is 1300. The predicted octanol–water partition coefficient (Wildman–Crippen LogP) is 4.02. The molecule has 4 aromatic rings. The average Bonchev–Trinajstić information content (AvgIpc) is 3.21. The van der Waals surface area contributed by atoms with E-state index in [0.717, 1.165) is 48.1 Å². The third-order valence-electron chi connectivity index (χ3n) is 5.96. The van der Waals surface area contributed by atoms with Gasteiger partial charge in [-0.05, 0) is 43.4 Å². The Labute approximate surface area is 186 Å². The minimum absolute atomic E-state index is 0.444. The molecule has 7 nitrogen and oxygen atoms in total. The molecule has 0 unspecified atom stereocenters. The monoisotopic (exact) mass is 427 g/mol. The first-order valence-corrected chi connectivity index (χ1v) is 10.8. The van der Waals surface area contributed by atoms with E-state index in [-0.39, 0.29) is 0 Å². The number of ether oxygens (including phenoxy) is 1. The number of fused-ring (bicyclic) bond motifs is 2. The van der Waals surface area contributed by atoms with Crippen molar-refractivity contribution in [2.45, 2.75) is 32.2 Å². The van der Waals surface area contributed by atoms with E-state index in [1.54, 1.807) is 13.2 Å². The van der Waals surface area contributed by atoms with E-state index in [1.165, 1.54) is 11.1 Å². The van der Waals surface area contributed by atoms with E-state index in [9.17, 15) is 4.79 Å². The quantitative estimate of drug-likeness (QED) is 0.485. The predicted molar refractivity (Wildman–Crippen MR) is 124 cm³/mol. The highest BCUT2D eigenvalue weighted by Crippen LogP contribution is 2.33. The Morgan fingerprint density at radius 2 is 1.91 bits per heavy atom. The van der Waals surface area contributed by atoms with Crippen molar-refractivity contribution in [3.63, 3.8) is 0 Å². The SMILES string of the molecule is COc1cc2c(C(N)=O)cccc2n1-c1nc2c(c(NCc3ccccc3)n1)CCCC2. The average molecular weight is 428 g/mol. The van der Waals surface area contributed by atoms with Gasteiger partial charge >= 0.3 is 0 Å². The van der Waals surface area contributed by atoms with Gasteiger partial charge in [0.15, 0.2) is 0 Å². The fourth-order valence-electron chi connectivity index (χ4n) is 4.39. The molecule has 0 saturated heterocycles. The molecule has 0 spiro atoms. The van der Waals surface area contributed by atoms with Crippen LogP contribution in [0.15, 0.2) is 54.6 Å². The van der Waals surface area contributed by atoms with Crippen LogP contribution in [0.3, 0.4) is 0 Å².